The lowest BCUT2D eigenvalue weighted by molar-refractivity contribution is -0.156. The molecule has 0 fully saturated rings. The van der Waals surface area contributed by atoms with Crippen molar-refractivity contribution in [2.45, 2.75) is 32.0 Å². The van der Waals surface area contributed by atoms with Crippen molar-refractivity contribution in [1.29, 1.82) is 0 Å². The van der Waals surface area contributed by atoms with Gasteiger partial charge < -0.3 is 9.73 Å². The van der Waals surface area contributed by atoms with E-state index in [9.17, 15) is 13.2 Å². The van der Waals surface area contributed by atoms with E-state index in [4.69, 9.17) is 4.42 Å². The molecule has 0 aliphatic carbocycles. The quantitative estimate of drug-likeness (QED) is 0.906. The fourth-order valence-corrected chi connectivity index (χ4v) is 2.37. The van der Waals surface area contributed by atoms with Gasteiger partial charge in [0.1, 0.15) is 5.58 Å². The molecule has 0 spiro atoms. The highest BCUT2D eigenvalue weighted by Crippen LogP contribution is 2.38. The molecular weight excluding hydrogens is 255 g/mol. The number of likely N-dealkylation sites (N-methyl/N-ethyl adjacent to an activating group) is 1. The number of alkyl halides is 3. The van der Waals surface area contributed by atoms with Crippen LogP contribution in [0.5, 0.6) is 0 Å². The van der Waals surface area contributed by atoms with Gasteiger partial charge in [0.15, 0.2) is 0 Å². The van der Waals surface area contributed by atoms with E-state index in [-0.39, 0.29) is 5.56 Å². The Kier molecular flexibility index (Phi) is 3.85. The average Bonchev–Trinajstić information content (AvgIpc) is 2.74. The molecule has 0 aliphatic rings. The molecule has 0 saturated carbocycles. The van der Waals surface area contributed by atoms with Crippen LogP contribution in [0.3, 0.4) is 0 Å². The SMILES string of the molecule is CCNC(C)C(c1ccc2ccoc2c1)C(F)(F)F. The van der Waals surface area contributed by atoms with Crippen LogP contribution in [-0.2, 0) is 0 Å². The minimum atomic E-state index is -4.29. The molecule has 104 valence electrons. The highest BCUT2D eigenvalue weighted by Gasteiger charge is 2.44. The van der Waals surface area contributed by atoms with Crippen LogP contribution in [0, 0.1) is 0 Å². The maximum absolute atomic E-state index is 13.2. The number of nitrogens with one attached hydrogen (secondary N) is 1. The molecule has 1 N–H and O–H groups in total. The third kappa shape index (κ3) is 2.92. The van der Waals surface area contributed by atoms with Crippen LogP contribution in [0.4, 0.5) is 13.2 Å². The molecule has 0 saturated heterocycles. The molecule has 19 heavy (non-hydrogen) atoms. The Hall–Kier alpha value is -1.49. The van der Waals surface area contributed by atoms with Gasteiger partial charge in [-0.1, -0.05) is 19.1 Å². The van der Waals surface area contributed by atoms with Gasteiger partial charge >= 0.3 is 6.18 Å². The summed E-state index contributed by atoms with van der Waals surface area (Å²) in [6.45, 7) is 3.84. The number of hydrogen-bond donors (Lipinski definition) is 1. The zero-order chi connectivity index (χ0) is 14.0. The second-order valence-electron chi connectivity index (χ2n) is 4.58. The van der Waals surface area contributed by atoms with E-state index < -0.39 is 18.1 Å². The first kappa shape index (κ1) is 13.9. The summed E-state index contributed by atoms with van der Waals surface area (Å²) in [5.41, 5.74) is 0.707. The number of rotatable bonds is 4. The molecule has 0 bridgehead atoms. The van der Waals surface area contributed by atoms with E-state index in [1.54, 1.807) is 26.0 Å². The Morgan fingerprint density at radius 2 is 2.00 bits per heavy atom. The largest absolute Gasteiger partial charge is 0.464 e. The summed E-state index contributed by atoms with van der Waals surface area (Å²) in [7, 11) is 0. The van der Waals surface area contributed by atoms with Crippen LogP contribution < -0.4 is 5.32 Å². The van der Waals surface area contributed by atoms with Gasteiger partial charge in [-0.25, -0.2) is 0 Å². The van der Waals surface area contributed by atoms with Crippen molar-refractivity contribution >= 4 is 11.0 Å². The van der Waals surface area contributed by atoms with Gasteiger partial charge in [-0.3, -0.25) is 0 Å². The van der Waals surface area contributed by atoms with Crippen LogP contribution in [0.2, 0.25) is 0 Å². The molecule has 2 rings (SSSR count). The van der Waals surface area contributed by atoms with Gasteiger partial charge in [0, 0.05) is 11.4 Å². The van der Waals surface area contributed by atoms with Crippen molar-refractivity contribution in [1.82, 2.24) is 5.32 Å². The maximum Gasteiger partial charge on any atom is 0.397 e. The summed E-state index contributed by atoms with van der Waals surface area (Å²) in [6.07, 6.45) is -2.81. The zero-order valence-corrected chi connectivity index (χ0v) is 10.8. The maximum atomic E-state index is 13.2. The third-order valence-corrected chi connectivity index (χ3v) is 3.22. The van der Waals surface area contributed by atoms with E-state index in [0.717, 1.165) is 5.39 Å². The Morgan fingerprint density at radius 1 is 1.26 bits per heavy atom. The third-order valence-electron chi connectivity index (χ3n) is 3.22. The van der Waals surface area contributed by atoms with Crippen molar-refractivity contribution in [3.8, 4) is 0 Å². The Balaban J connectivity index is 2.41. The van der Waals surface area contributed by atoms with Crippen LogP contribution in [0.15, 0.2) is 34.9 Å². The highest BCUT2D eigenvalue weighted by atomic mass is 19.4. The Labute approximate surface area is 109 Å². The van der Waals surface area contributed by atoms with Crippen LogP contribution in [0.25, 0.3) is 11.0 Å². The normalized spacial score (nSPS) is 15.6. The Morgan fingerprint density at radius 3 is 2.63 bits per heavy atom. The molecule has 1 heterocycles. The smallest absolute Gasteiger partial charge is 0.397 e. The molecule has 1 aromatic carbocycles. The molecule has 0 radical (unpaired) electrons. The highest BCUT2D eigenvalue weighted by molar-refractivity contribution is 5.77. The second kappa shape index (κ2) is 5.25. The van der Waals surface area contributed by atoms with E-state index in [1.807, 2.05) is 0 Å². The molecule has 2 aromatic rings. The van der Waals surface area contributed by atoms with Gasteiger partial charge in [-0.2, -0.15) is 13.2 Å². The van der Waals surface area contributed by atoms with Crippen molar-refractivity contribution in [3.05, 3.63) is 36.1 Å². The topological polar surface area (TPSA) is 25.2 Å². The van der Waals surface area contributed by atoms with E-state index >= 15 is 0 Å². The summed E-state index contributed by atoms with van der Waals surface area (Å²) in [5, 5.41) is 3.65. The lowest BCUT2D eigenvalue weighted by Gasteiger charge is -2.27. The fourth-order valence-electron chi connectivity index (χ4n) is 2.37. The summed E-state index contributed by atoms with van der Waals surface area (Å²) in [5.74, 6) is -1.54. The van der Waals surface area contributed by atoms with E-state index in [0.29, 0.717) is 12.1 Å². The monoisotopic (exact) mass is 271 g/mol. The molecule has 5 heteroatoms. The molecule has 1 aromatic heterocycles. The molecule has 0 aliphatic heterocycles. The number of fused-ring (bicyclic) bond motifs is 1. The van der Waals surface area contributed by atoms with E-state index in [1.165, 1.54) is 18.4 Å². The summed E-state index contributed by atoms with van der Waals surface area (Å²) < 4.78 is 44.9. The lowest BCUT2D eigenvalue weighted by atomic mass is 9.91. The van der Waals surface area contributed by atoms with Crippen molar-refractivity contribution in [2.75, 3.05) is 6.54 Å². The van der Waals surface area contributed by atoms with Crippen molar-refractivity contribution in [2.24, 2.45) is 0 Å². The van der Waals surface area contributed by atoms with Gasteiger partial charge in [-0.15, -0.1) is 0 Å². The number of halogens is 3. The summed E-state index contributed by atoms with van der Waals surface area (Å²) in [6, 6.07) is 5.70. The number of furan rings is 1. The van der Waals surface area contributed by atoms with Crippen LogP contribution in [-0.4, -0.2) is 18.8 Å². The molecule has 2 atom stereocenters. The summed E-state index contributed by atoms with van der Waals surface area (Å²) >= 11 is 0. The Bertz CT molecular complexity index is 547. The predicted molar refractivity (Wildman–Crippen MR) is 68.1 cm³/mol. The van der Waals surface area contributed by atoms with Gasteiger partial charge in [0.05, 0.1) is 12.2 Å². The van der Waals surface area contributed by atoms with Gasteiger partial charge in [0.2, 0.25) is 0 Å². The first-order valence-corrected chi connectivity index (χ1v) is 6.20. The van der Waals surface area contributed by atoms with Crippen molar-refractivity contribution in [3.63, 3.8) is 0 Å². The van der Waals surface area contributed by atoms with Crippen molar-refractivity contribution < 1.29 is 17.6 Å². The predicted octanol–water partition coefficient (Wildman–Crippen LogP) is 4.08. The molecule has 2 unspecified atom stereocenters. The first-order chi connectivity index (χ1) is 8.93. The lowest BCUT2D eigenvalue weighted by Crippen LogP contribution is -2.39. The zero-order valence-electron chi connectivity index (χ0n) is 10.8. The number of benzene rings is 1. The second-order valence-corrected chi connectivity index (χ2v) is 4.58. The first-order valence-electron chi connectivity index (χ1n) is 6.20. The van der Waals surface area contributed by atoms with Crippen LogP contribution >= 0.6 is 0 Å². The standard InChI is InChI=1S/C14H16F3NO/c1-3-18-9(2)13(14(15,16)17)11-5-4-10-6-7-19-12(10)8-11/h4-9,13,18H,3H2,1-2H3. The van der Waals surface area contributed by atoms with Gasteiger partial charge in [0.25, 0.3) is 0 Å². The van der Waals surface area contributed by atoms with E-state index in [2.05, 4.69) is 5.32 Å². The van der Waals surface area contributed by atoms with Crippen LogP contribution in [0.1, 0.15) is 25.3 Å². The van der Waals surface area contributed by atoms with Gasteiger partial charge in [-0.05, 0) is 31.2 Å². The summed E-state index contributed by atoms with van der Waals surface area (Å²) in [4.78, 5) is 0. The minimum Gasteiger partial charge on any atom is -0.464 e. The molecule has 2 nitrogen and oxygen atoms in total. The minimum absolute atomic E-state index is 0.225. The average molecular weight is 271 g/mol. The molecular formula is C14H16F3NO. The number of hydrogen-bond acceptors (Lipinski definition) is 2. The molecule has 0 amide bonds. The fraction of sp³-hybridized carbons (Fsp3) is 0.429.